The van der Waals surface area contributed by atoms with E-state index in [4.69, 9.17) is 9.72 Å². The summed E-state index contributed by atoms with van der Waals surface area (Å²) in [5.41, 5.74) is 4.43. The number of carbonyl (C=O) groups is 1. The van der Waals surface area contributed by atoms with Crippen LogP contribution in [-0.4, -0.2) is 48.1 Å². The van der Waals surface area contributed by atoms with Crippen LogP contribution in [0.15, 0.2) is 42.6 Å². The number of nitrogens with zero attached hydrogens (tertiary/aromatic N) is 2. The molecule has 2 atom stereocenters. The van der Waals surface area contributed by atoms with Crippen LogP contribution in [0.25, 0.3) is 11.1 Å². The van der Waals surface area contributed by atoms with Gasteiger partial charge in [0.2, 0.25) is 5.91 Å². The zero-order chi connectivity index (χ0) is 23.5. The van der Waals surface area contributed by atoms with Crippen molar-refractivity contribution < 1.29 is 9.53 Å². The van der Waals surface area contributed by atoms with Crippen molar-refractivity contribution in [2.75, 3.05) is 26.3 Å². The Balaban J connectivity index is 1.27. The standard InChI is InChI=1S/C29H39N3O2/c1-21(2)29(12-8-22(17-29)18-30-26-10-14-34-15-11-26)28(33)32-13-9-27-25(20-32)16-24(19-31-27)23-6-4-3-5-7-23/h3-7,16,19,21-22,26,30H,8-15,17-18,20H2,1-2H3/t22?,29-/m0/s1. The molecule has 2 aliphatic heterocycles. The lowest BCUT2D eigenvalue weighted by molar-refractivity contribution is -0.146. The predicted octanol–water partition coefficient (Wildman–Crippen LogP) is 4.84. The summed E-state index contributed by atoms with van der Waals surface area (Å²) in [4.78, 5) is 20.9. The summed E-state index contributed by atoms with van der Waals surface area (Å²) in [6.45, 7) is 8.73. The average molecular weight is 462 g/mol. The van der Waals surface area contributed by atoms with Crippen molar-refractivity contribution in [3.63, 3.8) is 0 Å². The lowest BCUT2D eigenvalue weighted by Crippen LogP contribution is -2.48. The first kappa shape index (κ1) is 23.5. The van der Waals surface area contributed by atoms with E-state index in [1.54, 1.807) is 0 Å². The van der Waals surface area contributed by atoms with Crippen molar-refractivity contribution in [1.29, 1.82) is 0 Å². The molecular weight excluding hydrogens is 422 g/mol. The monoisotopic (exact) mass is 461 g/mol. The molecule has 5 rings (SSSR count). The molecule has 5 nitrogen and oxygen atoms in total. The van der Waals surface area contributed by atoms with Crippen molar-refractivity contribution in [2.24, 2.45) is 17.3 Å². The molecule has 1 saturated carbocycles. The number of amides is 1. The van der Waals surface area contributed by atoms with Crippen molar-refractivity contribution in [3.05, 3.63) is 53.9 Å². The van der Waals surface area contributed by atoms with Gasteiger partial charge in [-0.25, -0.2) is 0 Å². The molecule has 0 radical (unpaired) electrons. The number of ether oxygens (including phenoxy) is 1. The summed E-state index contributed by atoms with van der Waals surface area (Å²) in [6, 6.07) is 13.2. The van der Waals surface area contributed by atoms with Crippen molar-refractivity contribution in [1.82, 2.24) is 15.2 Å². The quantitative estimate of drug-likeness (QED) is 0.669. The van der Waals surface area contributed by atoms with Crippen LogP contribution in [0.1, 0.15) is 57.2 Å². The Morgan fingerprint density at radius 2 is 1.97 bits per heavy atom. The number of hydrogen-bond donors (Lipinski definition) is 1. The maximum atomic E-state index is 14.0. The molecule has 3 aliphatic rings. The highest BCUT2D eigenvalue weighted by Crippen LogP contribution is 2.49. The molecule has 1 aromatic carbocycles. The molecule has 2 aromatic rings. The van der Waals surface area contributed by atoms with Crippen LogP contribution in [0, 0.1) is 17.3 Å². The van der Waals surface area contributed by atoms with E-state index in [1.807, 2.05) is 12.3 Å². The Kier molecular flexibility index (Phi) is 7.03. The number of benzene rings is 1. The molecule has 1 saturated heterocycles. The number of nitrogens with one attached hydrogen (secondary N) is 1. The molecule has 1 aliphatic carbocycles. The fourth-order valence-electron chi connectivity index (χ4n) is 6.26. The Hall–Kier alpha value is -2.24. The van der Waals surface area contributed by atoms with Gasteiger partial charge in [-0.3, -0.25) is 9.78 Å². The largest absolute Gasteiger partial charge is 0.381 e. The summed E-state index contributed by atoms with van der Waals surface area (Å²) in [5, 5.41) is 3.78. The molecular formula is C29H39N3O2. The molecule has 0 bridgehead atoms. The van der Waals surface area contributed by atoms with Crippen LogP contribution in [0.3, 0.4) is 0 Å². The van der Waals surface area contributed by atoms with Crippen LogP contribution >= 0.6 is 0 Å². The van der Waals surface area contributed by atoms with E-state index < -0.39 is 0 Å². The predicted molar refractivity (Wildman–Crippen MR) is 135 cm³/mol. The Labute approximate surface area is 204 Å². The molecule has 182 valence electrons. The van der Waals surface area contributed by atoms with Gasteiger partial charge in [-0.15, -0.1) is 0 Å². The third-order valence-electron chi connectivity index (χ3n) is 8.53. The molecule has 3 heterocycles. The van der Waals surface area contributed by atoms with Gasteiger partial charge in [-0.2, -0.15) is 0 Å². The van der Waals surface area contributed by atoms with Gasteiger partial charge < -0.3 is 15.0 Å². The van der Waals surface area contributed by atoms with Gasteiger partial charge in [0.15, 0.2) is 0 Å². The van der Waals surface area contributed by atoms with E-state index in [9.17, 15) is 4.79 Å². The van der Waals surface area contributed by atoms with Gasteiger partial charge in [-0.1, -0.05) is 44.2 Å². The Morgan fingerprint density at radius 1 is 1.18 bits per heavy atom. The second-order valence-electron chi connectivity index (χ2n) is 10.9. The highest BCUT2D eigenvalue weighted by atomic mass is 16.5. The van der Waals surface area contributed by atoms with E-state index in [1.165, 1.54) is 11.1 Å². The van der Waals surface area contributed by atoms with Gasteiger partial charge >= 0.3 is 0 Å². The smallest absolute Gasteiger partial charge is 0.229 e. The highest BCUT2D eigenvalue weighted by molar-refractivity contribution is 5.83. The summed E-state index contributed by atoms with van der Waals surface area (Å²) in [7, 11) is 0. The first-order valence-corrected chi connectivity index (χ1v) is 13.2. The van der Waals surface area contributed by atoms with E-state index in [0.29, 0.717) is 30.3 Å². The number of hydrogen-bond acceptors (Lipinski definition) is 4. The second kappa shape index (κ2) is 10.2. The average Bonchev–Trinajstić information content (AvgIpc) is 3.33. The first-order valence-electron chi connectivity index (χ1n) is 13.2. The van der Waals surface area contributed by atoms with E-state index in [2.05, 4.69) is 54.4 Å². The Bertz CT molecular complexity index is 986. The lowest BCUT2D eigenvalue weighted by atomic mass is 9.73. The summed E-state index contributed by atoms with van der Waals surface area (Å²) in [5.74, 6) is 1.30. The molecule has 2 fully saturated rings. The van der Waals surface area contributed by atoms with E-state index in [-0.39, 0.29) is 5.41 Å². The summed E-state index contributed by atoms with van der Waals surface area (Å²) in [6.07, 6.45) is 8.19. The SMILES string of the molecule is CC(C)[C@]1(C(=O)N2CCc3ncc(-c4ccccc4)cc3C2)CCC(CNC2CCOCC2)C1. The third kappa shape index (κ3) is 4.78. The minimum Gasteiger partial charge on any atom is -0.381 e. The number of pyridine rings is 1. The van der Waals surface area contributed by atoms with Crippen molar-refractivity contribution >= 4 is 5.91 Å². The maximum Gasteiger partial charge on any atom is 0.229 e. The van der Waals surface area contributed by atoms with Gasteiger partial charge in [0.1, 0.15) is 0 Å². The molecule has 0 spiro atoms. The van der Waals surface area contributed by atoms with Crippen LogP contribution in [0.4, 0.5) is 0 Å². The second-order valence-corrected chi connectivity index (χ2v) is 10.9. The van der Waals surface area contributed by atoms with Gasteiger partial charge in [0.05, 0.1) is 5.41 Å². The van der Waals surface area contributed by atoms with Crippen LogP contribution < -0.4 is 5.32 Å². The number of fused-ring (bicyclic) bond motifs is 1. The number of carbonyl (C=O) groups excluding carboxylic acids is 1. The third-order valence-corrected chi connectivity index (χ3v) is 8.53. The minimum atomic E-state index is -0.232. The molecule has 1 amide bonds. The summed E-state index contributed by atoms with van der Waals surface area (Å²) < 4.78 is 5.50. The fraction of sp³-hybridized carbons (Fsp3) is 0.586. The minimum absolute atomic E-state index is 0.232. The van der Waals surface area contributed by atoms with Crippen molar-refractivity contribution in [3.8, 4) is 11.1 Å². The van der Waals surface area contributed by atoms with Crippen molar-refractivity contribution in [2.45, 2.75) is 65.0 Å². The number of rotatable bonds is 6. The maximum absolute atomic E-state index is 14.0. The van der Waals surface area contributed by atoms with Crippen LogP contribution in [0.5, 0.6) is 0 Å². The first-order chi connectivity index (χ1) is 16.5. The molecule has 1 unspecified atom stereocenters. The Morgan fingerprint density at radius 3 is 2.74 bits per heavy atom. The fourth-order valence-corrected chi connectivity index (χ4v) is 6.26. The van der Waals surface area contributed by atoms with Gasteiger partial charge in [-0.05, 0) is 67.7 Å². The highest BCUT2D eigenvalue weighted by Gasteiger charge is 2.49. The molecule has 34 heavy (non-hydrogen) atoms. The number of aromatic nitrogens is 1. The molecule has 5 heteroatoms. The lowest BCUT2D eigenvalue weighted by Gasteiger charge is -2.39. The molecule has 1 aromatic heterocycles. The summed E-state index contributed by atoms with van der Waals surface area (Å²) >= 11 is 0. The van der Waals surface area contributed by atoms with Gasteiger partial charge in [0, 0.05) is 56.2 Å². The normalized spacial score (nSPS) is 25.5. The topological polar surface area (TPSA) is 54.5 Å². The van der Waals surface area contributed by atoms with E-state index in [0.717, 1.165) is 76.1 Å². The zero-order valence-electron chi connectivity index (χ0n) is 20.8. The zero-order valence-corrected chi connectivity index (χ0v) is 20.8. The molecule has 1 N–H and O–H groups in total. The van der Waals surface area contributed by atoms with Gasteiger partial charge in [0.25, 0.3) is 0 Å². The van der Waals surface area contributed by atoms with E-state index >= 15 is 0 Å². The van der Waals surface area contributed by atoms with Crippen LogP contribution in [0.2, 0.25) is 0 Å². The van der Waals surface area contributed by atoms with Crippen LogP contribution in [-0.2, 0) is 22.5 Å².